The third-order valence-electron chi connectivity index (χ3n) is 5.17. The number of rotatable bonds is 6. The molecule has 7 heteroatoms. The Morgan fingerprint density at radius 1 is 1.18 bits per heavy atom. The fourth-order valence-corrected chi connectivity index (χ4v) is 3.49. The van der Waals surface area contributed by atoms with E-state index in [1.165, 1.54) is 0 Å². The van der Waals surface area contributed by atoms with Gasteiger partial charge in [0.15, 0.2) is 0 Å². The molecular weight excluding hydrogens is 354 g/mol. The Balaban J connectivity index is 1.58. The van der Waals surface area contributed by atoms with E-state index in [4.69, 9.17) is 0 Å². The number of nitrogens with one attached hydrogen (secondary N) is 1. The van der Waals surface area contributed by atoms with Gasteiger partial charge in [0.2, 0.25) is 5.91 Å². The maximum absolute atomic E-state index is 12.7. The molecular formula is C21H27N5O2. The maximum Gasteiger partial charge on any atom is 0.253 e. The summed E-state index contributed by atoms with van der Waals surface area (Å²) in [5.74, 6) is 0.795. The largest absolute Gasteiger partial charge is 0.355 e. The molecule has 1 fully saturated rings. The first-order valence-corrected chi connectivity index (χ1v) is 9.83. The standard InChI is InChI=1S/C21H27N5O2/c1-3-25(4-2)21(28)17-6-5-7-18(14-17)24-20(27)16-8-12-26(13-9-16)19-15-22-10-11-23-19/h5-7,10-11,14-16H,3-4,8-9,12-13H2,1-2H3,(H,24,27). The average molecular weight is 381 g/mol. The minimum atomic E-state index is -0.0462. The molecule has 1 aromatic carbocycles. The summed E-state index contributed by atoms with van der Waals surface area (Å²) < 4.78 is 0. The molecule has 1 aliphatic rings. The van der Waals surface area contributed by atoms with Crippen molar-refractivity contribution in [3.05, 3.63) is 48.4 Å². The Labute approximate surface area is 165 Å². The quantitative estimate of drug-likeness (QED) is 0.832. The van der Waals surface area contributed by atoms with Crippen LogP contribution in [0.1, 0.15) is 37.0 Å². The van der Waals surface area contributed by atoms with Crippen LogP contribution in [0.2, 0.25) is 0 Å². The number of anilines is 2. The van der Waals surface area contributed by atoms with E-state index in [0.29, 0.717) is 24.3 Å². The van der Waals surface area contributed by atoms with Gasteiger partial charge in [0, 0.05) is 55.7 Å². The van der Waals surface area contributed by atoms with Crippen molar-refractivity contribution < 1.29 is 9.59 Å². The summed E-state index contributed by atoms with van der Waals surface area (Å²) in [6.07, 6.45) is 6.61. The van der Waals surface area contributed by atoms with Crippen molar-refractivity contribution in [3.63, 3.8) is 0 Å². The lowest BCUT2D eigenvalue weighted by molar-refractivity contribution is -0.120. The van der Waals surface area contributed by atoms with Crippen LogP contribution >= 0.6 is 0 Å². The second-order valence-electron chi connectivity index (χ2n) is 6.87. The molecule has 28 heavy (non-hydrogen) atoms. The van der Waals surface area contributed by atoms with Crippen LogP contribution in [0, 0.1) is 5.92 Å². The summed E-state index contributed by atoms with van der Waals surface area (Å²) in [6.45, 7) is 6.79. The fraction of sp³-hybridized carbons (Fsp3) is 0.429. The topological polar surface area (TPSA) is 78.4 Å². The van der Waals surface area contributed by atoms with Gasteiger partial charge in [0.25, 0.3) is 5.91 Å². The van der Waals surface area contributed by atoms with E-state index in [0.717, 1.165) is 31.7 Å². The lowest BCUT2D eigenvalue weighted by atomic mass is 9.96. The first-order valence-electron chi connectivity index (χ1n) is 9.83. The zero-order valence-corrected chi connectivity index (χ0v) is 16.5. The Morgan fingerprint density at radius 3 is 2.57 bits per heavy atom. The summed E-state index contributed by atoms with van der Waals surface area (Å²) in [4.78, 5) is 37.5. The molecule has 148 valence electrons. The van der Waals surface area contributed by atoms with Gasteiger partial charge >= 0.3 is 0 Å². The number of carbonyl (C=O) groups is 2. The van der Waals surface area contributed by atoms with Gasteiger partial charge < -0.3 is 15.1 Å². The summed E-state index contributed by atoms with van der Waals surface area (Å²) in [6, 6.07) is 7.18. The van der Waals surface area contributed by atoms with Crippen LogP contribution in [-0.4, -0.2) is 52.9 Å². The van der Waals surface area contributed by atoms with Crippen molar-refractivity contribution in [2.75, 3.05) is 36.4 Å². The van der Waals surface area contributed by atoms with Crippen LogP contribution in [0.3, 0.4) is 0 Å². The van der Waals surface area contributed by atoms with Gasteiger partial charge in [0.1, 0.15) is 5.82 Å². The first kappa shape index (κ1) is 19.8. The lowest BCUT2D eigenvalue weighted by Gasteiger charge is -2.31. The number of hydrogen-bond acceptors (Lipinski definition) is 5. The van der Waals surface area contributed by atoms with Crippen molar-refractivity contribution in [2.45, 2.75) is 26.7 Å². The van der Waals surface area contributed by atoms with Crippen molar-refractivity contribution in [1.82, 2.24) is 14.9 Å². The van der Waals surface area contributed by atoms with E-state index in [1.807, 2.05) is 26.0 Å². The highest BCUT2D eigenvalue weighted by Crippen LogP contribution is 2.23. The maximum atomic E-state index is 12.7. The third-order valence-corrected chi connectivity index (χ3v) is 5.17. The number of carbonyl (C=O) groups excluding carboxylic acids is 2. The molecule has 2 aromatic rings. The molecule has 1 aromatic heterocycles. The molecule has 0 saturated carbocycles. The minimum Gasteiger partial charge on any atom is -0.355 e. The third kappa shape index (κ3) is 4.65. The van der Waals surface area contributed by atoms with E-state index >= 15 is 0 Å². The Morgan fingerprint density at radius 2 is 1.93 bits per heavy atom. The Bertz CT molecular complexity index is 799. The SMILES string of the molecule is CCN(CC)C(=O)c1cccc(NC(=O)C2CCN(c3cnccn3)CC2)c1. The van der Waals surface area contributed by atoms with E-state index < -0.39 is 0 Å². The Kier molecular flexibility index (Phi) is 6.57. The number of hydrogen-bond donors (Lipinski definition) is 1. The normalized spacial score (nSPS) is 14.6. The zero-order valence-electron chi connectivity index (χ0n) is 16.5. The van der Waals surface area contributed by atoms with Crippen LogP contribution in [0.15, 0.2) is 42.9 Å². The van der Waals surface area contributed by atoms with Crippen molar-refractivity contribution >= 4 is 23.3 Å². The molecule has 3 rings (SSSR count). The highest BCUT2D eigenvalue weighted by molar-refractivity contribution is 5.97. The molecule has 0 aliphatic carbocycles. The second-order valence-corrected chi connectivity index (χ2v) is 6.87. The van der Waals surface area contributed by atoms with Crippen molar-refractivity contribution in [1.29, 1.82) is 0 Å². The highest BCUT2D eigenvalue weighted by atomic mass is 16.2. The summed E-state index contributed by atoms with van der Waals surface area (Å²) in [5.41, 5.74) is 1.26. The molecule has 2 heterocycles. The van der Waals surface area contributed by atoms with Gasteiger partial charge in [-0.1, -0.05) is 6.07 Å². The van der Waals surface area contributed by atoms with Crippen LogP contribution in [0.25, 0.3) is 0 Å². The van der Waals surface area contributed by atoms with Gasteiger partial charge in [0.05, 0.1) is 6.20 Å². The van der Waals surface area contributed by atoms with Gasteiger partial charge in [-0.3, -0.25) is 14.6 Å². The van der Waals surface area contributed by atoms with E-state index in [1.54, 1.807) is 35.6 Å². The van der Waals surface area contributed by atoms with Crippen LogP contribution in [0.4, 0.5) is 11.5 Å². The molecule has 0 atom stereocenters. The van der Waals surface area contributed by atoms with Gasteiger partial charge in [-0.25, -0.2) is 4.98 Å². The number of benzene rings is 1. The lowest BCUT2D eigenvalue weighted by Crippen LogP contribution is -2.38. The molecule has 0 radical (unpaired) electrons. The highest BCUT2D eigenvalue weighted by Gasteiger charge is 2.26. The Hall–Kier alpha value is -2.96. The van der Waals surface area contributed by atoms with E-state index in [-0.39, 0.29) is 17.7 Å². The summed E-state index contributed by atoms with van der Waals surface area (Å²) >= 11 is 0. The van der Waals surface area contributed by atoms with E-state index in [9.17, 15) is 9.59 Å². The predicted octanol–water partition coefficient (Wildman–Crippen LogP) is 2.81. The molecule has 2 amide bonds. The van der Waals surface area contributed by atoms with Crippen molar-refractivity contribution in [3.8, 4) is 0 Å². The smallest absolute Gasteiger partial charge is 0.253 e. The van der Waals surface area contributed by atoms with Crippen LogP contribution < -0.4 is 10.2 Å². The summed E-state index contributed by atoms with van der Waals surface area (Å²) in [7, 11) is 0. The zero-order chi connectivity index (χ0) is 19.9. The molecule has 0 bridgehead atoms. The monoisotopic (exact) mass is 381 g/mol. The fourth-order valence-electron chi connectivity index (χ4n) is 3.49. The summed E-state index contributed by atoms with van der Waals surface area (Å²) in [5, 5.41) is 2.98. The van der Waals surface area contributed by atoms with Crippen molar-refractivity contribution in [2.24, 2.45) is 5.92 Å². The molecule has 7 nitrogen and oxygen atoms in total. The first-order chi connectivity index (χ1) is 13.6. The van der Waals surface area contributed by atoms with E-state index in [2.05, 4.69) is 20.2 Å². The van der Waals surface area contributed by atoms with Gasteiger partial charge in [-0.2, -0.15) is 0 Å². The number of nitrogens with zero attached hydrogens (tertiary/aromatic N) is 4. The minimum absolute atomic E-state index is 0.00577. The van der Waals surface area contributed by atoms with Gasteiger partial charge in [-0.15, -0.1) is 0 Å². The number of aromatic nitrogens is 2. The molecule has 1 N–H and O–H groups in total. The number of amides is 2. The second kappa shape index (κ2) is 9.30. The van der Waals surface area contributed by atoms with Crippen LogP contribution in [-0.2, 0) is 4.79 Å². The predicted molar refractivity (Wildman–Crippen MR) is 109 cm³/mol. The number of piperidine rings is 1. The molecule has 1 aliphatic heterocycles. The average Bonchev–Trinajstić information content (AvgIpc) is 2.75. The van der Waals surface area contributed by atoms with Gasteiger partial charge in [-0.05, 0) is 44.9 Å². The molecule has 0 spiro atoms. The van der Waals surface area contributed by atoms with Crippen LogP contribution in [0.5, 0.6) is 0 Å². The molecule has 0 unspecified atom stereocenters. The molecule has 1 saturated heterocycles.